The monoisotopic (exact) mass is 474 g/mol. The zero-order valence-electron chi connectivity index (χ0n) is 3.98. The predicted molar refractivity (Wildman–Crippen MR) is 23.0 cm³/mol. The van der Waals surface area contributed by atoms with E-state index in [0.717, 1.165) is 0 Å². The Kier molecular flexibility index (Phi) is 214. The fourth-order valence-electron chi connectivity index (χ4n) is 0. The van der Waals surface area contributed by atoms with Crippen molar-refractivity contribution in [2.45, 2.75) is 0 Å². The smallest absolute Gasteiger partial charge is 0 e. The normalized spacial score (nSPS) is 0. The van der Waals surface area contributed by atoms with Crippen LogP contribution < -0.4 is 0 Å². The van der Waals surface area contributed by atoms with E-state index in [1.807, 2.05) is 0 Å². The Hall–Kier alpha value is 5.66. The van der Waals surface area contributed by atoms with Crippen molar-refractivity contribution >= 4 is 131 Å². The van der Waals surface area contributed by atoms with Crippen molar-refractivity contribution in [3.63, 3.8) is 0 Å². The molecule has 0 saturated carbocycles. The molecule has 0 rings (SSSR count). The maximum atomic E-state index is 0. The molecule has 0 aromatic carbocycles. The van der Waals surface area contributed by atoms with Crippen LogP contribution in [0.2, 0.25) is 0 Å². The standard InChI is InChI=1S/As.Ba.Cd.Cr.Li.Sr. The van der Waals surface area contributed by atoms with Gasteiger partial charge in [-0.05, 0) is 0 Å². The first-order chi connectivity index (χ1) is 0. The summed E-state index contributed by atoms with van der Waals surface area (Å²) in [6, 6.07) is 0. The predicted octanol–water partition coefficient (Wildman–Crippen LogP) is -1.53. The van der Waals surface area contributed by atoms with Crippen LogP contribution in [0.3, 0.4) is 0 Å². The topological polar surface area (TPSA) is 0 Å². The van der Waals surface area contributed by atoms with Gasteiger partial charge in [-0.2, -0.15) is 0 Å². The van der Waals surface area contributed by atoms with Crippen molar-refractivity contribution in [3.05, 3.63) is 0 Å². The summed E-state index contributed by atoms with van der Waals surface area (Å²) in [5, 5.41) is 0. The Morgan fingerprint density at radius 2 is 1.00 bits per heavy atom. The van der Waals surface area contributed by atoms with Crippen LogP contribution in [0.5, 0.6) is 0 Å². The molecule has 8 radical (unpaired) electrons. The van der Waals surface area contributed by atoms with Gasteiger partial charge in [-0.1, -0.05) is 0 Å². The summed E-state index contributed by atoms with van der Waals surface area (Å²) in [6.45, 7) is 0. The van der Waals surface area contributed by atoms with E-state index < -0.39 is 0 Å². The Labute approximate surface area is 170 Å². The average Bonchev–Trinajstić information content (AvgIpc) is 0. The van der Waals surface area contributed by atoms with Crippen LogP contribution in [0, 0.1) is 0 Å². The summed E-state index contributed by atoms with van der Waals surface area (Å²) in [6.07, 6.45) is 0. The van der Waals surface area contributed by atoms with Crippen LogP contribution in [-0.2, 0) is 44.7 Å². The first-order valence-corrected chi connectivity index (χ1v) is 0. The van der Waals surface area contributed by atoms with Gasteiger partial charge in [0.15, 0.2) is 0 Å². The van der Waals surface area contributed by atoms with Crippen LogP contribution in [0.4, 0.5) is 0 Å². The van der Waals surface area contributed by atoms with E-state index in [1.165, 1.54) is 0 Å². The second-order valence-electron chi connectivity index (χ2n) is 0. The van der Waals surface area contributed by atoms with Crippen molar-refractivity contribution in [2.24, 2.45) is 0 Å². The van der Waals surface area contributed by atoms with E-state index in [2.05, 4.69) is 0 Å². The minimum atomic E-state index is 0. The van der Waals surface area contributed by atoms with E-state index in [0.29, 0.717) is 0 Å². The minimum absolute atomic E-state index is 0. The summed E-state index contributed by atoms with van der Waals surface area (Å²) >= 11 is 0. The SMILES string of the molecule is [As].[Ba].[Cd].[Cr].[Li].[Sr]. The van der Waals surface area contributed by atoms with Crippen molar-refractivity contribution in [3.8, 4) is 0 Å². The fourth-order valence-corrected chi connectivity index (χ4v) is 0. The van der Waals surface area contributed by atoms with Gasteiger partial charge in [0, 0.05) is 176 Å². The summed E-state index contributed by atoms with van der Waals surface area (Å²) in [5.41, 5.74) is 0. The van der Waals surface area contributed by atoms with Gasteiger partial charge >= 0.3 is 0 Å². The first kappa shape index (κ1) is 41.4. The van der Waals surface area contributed by atoms with Gasteiger partial charge in [-0.25, -0.2) is 0 Å². The van der Waals surface area contributed by atoms with Crippen LogP contribution >= 0.6 is 0 Å². The molecule has 6 heavy (non-hydrogen) atoms. The molecule has 0 atom stereocenters. The molecule has 0 saturated heterocycles. The van der Waals surface area contributed by atoms with Crippen LogP contribution in [0.25, 0.3) is 0 Å². The molecule has 0 amide bonds. The average molecular weight is 471 g/mol. The van der Waals surface area contributed by atoms with Gasteiger partial charge < -0.3 is 0 Å². The Balaban J connectivity index is 0. The van der Waals surface area contributed by atoms with Crippen molar-refractivity contribution < 1.29 is 44.7 Å². The molecule has 18 valence electrons. The third kappa shape index (κ3) is 22.6. The molecule has 0 fully saturated rings. The fraction of sp³-hybridized carbons (Fsp3) is 0. The molecule has 0 aliphatic rings. The third-order valence-electron chi connectivity index (χ3n) is 0. The summed E-state index contributed by atoms with van der Waals surface area (Å²) in [7, 11) is 0. The van der Waals surface area contributed by atoms with Crippen molar-refractivity contribution in [1.82, 2.24) is 0 Å². The molecule has 0 aliphatic heterocycles. The molecule has 0 nitrogen and oxygen atoms in total. The van der Waals surface area contributed by atoms with Gasteiger partial charge in [0.1, 0.15) is 0 Å². The molecule has 0 aromatic heterocycles. The van der Waals surface area contributed by atoms with Gasteiger partial charge in [0.2, 0.25) is 0 Å². The van der Waals surface area contributed by atoms with E-state index >= 15 is 0 Å². The number of hydrogen-bond donors (Lipinski definition) is 0. The maximum Gasteiger partial charge on any atom is 0 e. The van der Waals surface area contributed by atoms with Crippen LogP contribution in [0.1, 0.15) is 0 Å². The molecule has 0 unspecified atom stereocenters. The Morgan fingerprint density at radius 1 is 1.00 bits per heavy atom. The van der Waals surface area contributed by atoms with E-state index in [9.17, 15) is 0 Å². The van der Waals surface area contributed by atoms with Gasteiger partial charge in [-0.3, -0.25) is 0 Å². The van der Waals surface area contributed by atoms with Crippen molar-refractivity contribution in [2.75, 3.05) is 0 Å². The van der Waals surface area contributed by atoms with Gasteiger partial charge in [-0.15, -0.1) is 0 Å². The molecular weight excluding hydrogens is 471 g/mol. The summed E-state index contributed by atoms with van der Waals surface area (Å²) in [5.74, 6) is 0. The molecule has 0 N–H and O–H groups in total. The van der Waals surface area contributed by atoms with Crippen LogP contribution in [-0.4, -0.2) is 131 Å². The Bertz CT molecular complexity index is 15.5. The second kappa shape index (κ2) is 31.0. The number of hydrogen-bond acceptors (Lipinski definition) is 0. The largest absolute Gasteiger partial charge is 0 e. The Morgan fingerprint density at radius 3 is 1.00 bits per heavy atom. The summed E-state index contributed by atoms with van der Waals surface area (Å²) in [4.78, 5) is 0. The zero-order chi connectivity index (χ0) is 0. The van der Waals surface area contributed by atoms with E-state index in [-0.39, 0.29) is 176 Å². The first-order valence-electron chi connectivity index (χ1n) is 0. The number of rotatable bonds is 0. The van der Waals surface area contributed by atoms with Gasteiger partial charge in [0.05, 0.1) is 0 Å². The van der Waals surface area contributed by atoms with Crippen LogP contribution in [0.15, 0.2) is 0 Å². The minimum Gasteiger partial charge on any atom is 0 e. The second-order valence-corrected chi connectivity index (χ2v) is 0. The maximum absolute atomic E-state index is 0. The van der Waals surface area contributed by atoms with E-state index in [4.69, 9.17) is 0 Å². The molecule has 6 heteroatoms. The third-order valence-corrected chi connectivity index (χ3v) is 0. The van der Waals surface area contributed by atoms with Crippen molar-refractivity contribution in [1.29, 1.82) is 0 Å². The van der Waals surface area contributed by atoms with Gasteiger partial charge in [0.25, 0.3) is 0 Å². The molecule has 0 bridgehead atoms. The molecule has 0 aliphatic carbocycles. The summed E-state index contributed by atoms with van der Waals surface area (Å²) < 4.78 is 0. The molecular formula is AsBaCdCrLiSr. The zero-order valence-corrected chi connectivity index (χ0v) is 19.1. The molecule has 0 spiro atoms. The molecule has 0 heterocycles. The quantitative estimate of drug-likeness (QED) is 0.377. The molecule has 0 aromatic rings. The van der Waals surface area contributed by atoms with E-state index in [1.54, 1.807) is 0 Å².